The van der Waals surface area contributed by atoms with Gasteiger partial charge in [-0.3, -0.25) is 0 Å². The molecule has 0 aromatic rings. The molecule has 0 aromatic carbocycles. The predicted molar refractivity (Wildman–Crippen MR) is 80.8 cm³/mol. The molecule has 0 amide bonds. The Morgan fingerprint density at radius 3 is 2.35 bits per heavy atom. The van der Waals surface area contributed by atoms with Crippen LogP contribution >= 0.6 is 0 Å². The minimum atomic E-state index is -0.140. The van der Waals surface area contributed by atoms with Crippen LogP contribution in [0.2, 0.25) is 0 Å². The van der Waals surface area contributed by atoms with Crippen molar-refractivity contribution in [3.63, 3.8) is 0 Å². The van der Waals surface area contributed by atoms with E-state index in [1.54, 1.807) is 0 Å². The van der Waals surface area contributed by atoms with Gasteiger partial charge in [-0.2, -0.15) is 0 Å². The van der Waals surface area contributed by atoms with Gasteiger partial charge in [-0.15, -0.1) is 0 Å². The molecule has 20 heavy (non-hydrogen) atoms. The first-order chi connectivity index (χ1) is 9.71. The molecular formula is C17H32O3. The molecule has 3 heteroatoms. The van der Waals surface area contributed by atoms with Gasteiger partial charge in [0.2, 0.25) is 0 Å². The lowest BCUT2D eigenvalue weighted by Gasteiger charge is -2.45. The fraction of sp³-hybridized carbons (Fsp3) is 1.00. The molecule has 2 rings (SSSR count). The zero-order valence-corrected chi connectivity index (χ0v) is 13.3. The van der Waals surface area contributed by atoms with Crippen LogP contribution in [-0.4, -0.2) is 36.6 Å². The maximum atomic E-state index is 10.8. The number of hydrogen-bond acceptors (Lipinski definition) is 3. The number of aliphatic hydroxyl groups excluding tert-OH is 1. The van der Waals surface area contributed by atoms with Gasteiger partial charge < -0.3 is 14.6 Å². The molecule has 0 bridgehead atoms. The van der Waals surface area contributed by atoms with Crippen LogP contribution < -0.4 is 0 Å². The van der Waals surface area contributed by atoms with Crippen LogP contribution in [-0.2, 0) is 9.47 Å². The Hall–Kier alpha value is -0.120. The Morgan fingerprint density at radius 2 is 1.75 bits per heavy atom. The van der Waals surface area contributed by atoms with Crippen LogP contribution in [0, 0.1) is 11.8 Å². The molecule has 2 atom stereocenters. The molecule has 0 aromatic heterocycles. The van der Waals surface area contributed by atoms with E-state index in [9.17, 15) is 5.11 Å². The Labute approximate surface area is 124 Å². The van der Waals surface area contributed by atoms with E-state index in [-0.39, 0.29) is 11.7 Å². The van der Waals surface area contributed by atoms with E-state index in [0.717, 1.165) is 58.3 Å². The lowest BCUT2D eigenvalue weighted by molar-refractivity contribution is -0.162. The van der Waals surface area contributed by atoms with Gasteiger partial charge in [0.25, 0.3) is 0 Å². The molecule has 0 radical (unpaired) electrons. The van der Waals surface area contributed by atoms with Crippen molar-refractivity contribution in [3.05, 3.63) is 0 Å². The largest absolute Gasteiger partial charge is 0.393 e. The average molecular weight is 284 g/mol. The predicted octanol–water partition coefficient (Wildman–Crippen LogP) is 3.54. The van der Waals surface area contributed by atoms with Gasteiger partial charge >= 0.3 is 0 Å². The summed E-state index contributed by atoms with van der Waals surface area (Å²) in [5.74, 6) is 0.898. The molecule has 2 unspecified atom stereocenters. The van der Waals surface area contributed by atoms with Crippen molar-refractivity contribution in [1.82, 2.24) is 0 Å². The van der Waals surface area contributed by atoms with E-state index in [2.05, 4.69) is 13.8 Å². The monoisotopic (exact) mass is 284 g/mol. The summed E-state index contributed by atoms with van der Waals surface area (Å²) in [5.41, 5.74) is 0.00509. The highest BCUT2D eigenvalue weighted by molar-refractivity contribution is 4.92. The summed E-state index contributed by atoms with van der Waals surface area (Å²) in [4.78, 5) is 0. The Bertz CT molecular complexity index is 262. The normalized spacial score (nSPS) is 27.9. The van der Waals surface area contributed by atoms with Crippen LogP contribution in [0.5, 0.6) is 0 Å². The van der Waals surface area contributed by atoms with Crippen LogP contribution in [0.15, 0.2) is 0 Å². The standard InChI is InChI=1S/C17H32O3/c1-3-5-14(6-4-2)16(18)15-7-10-20-17(13-15)8-11-19-12-9-17/h14-16,18H,3-13H2,1-2H3. The second-order valence-corrected chi connectivity index (χ2v) is 6.72. The SMILES string of the molecule is CCCC(CCC)C(O)C1CCOC2(CCOCC2)C1. The van der Waals surface area contributed by atoms with E-state index in [1.807, 2.05) is 0 Å². The van der Waals surface area contributed by atoms with Crippen molar-refractivity contribution < 1.29 is 14.6 Å². The summed E-state index contributed by atoms with van der Waals surface area (Å²) in [5, 5.41) is 10.8. The van der Waals surface area contributed by atoms with E-state index in [0.29, 0.717) is 11.8 Å². The van der Waals surface area contributed by atoms with Crippen LogP contribution in [0.1, 0.15) is 65.2 Å². The number of aliphatic hydroxyl groups is 1. The van der Waals surface area contributed by atoms with Crippen LogP contribution in [0.25, 0.3) is 0 Å². The fourth-order valence-corrected chi connectivity index (χ4v) is 4.06. The van der Waals surface area contributed by atoms with Crippen molar-refractivity contribution in [2.75, 3.05) is 19.8 Å². The highest BCUT2D eigenvalue weighted by atomic mass is 16.5. The highest BCUT2D eigenvalue weighted by Gasteiger charge is 2.42. The molecule has 2 heterocycles. The third-order valence-corrected chi connectivity index (χ3v) is 5.22. The molecule has 3 nitrogen and oxygen atoms in total. The first-order valence-electron chi connectivity index (χ1n) is 8.60. The molecule has 2 fully saturated rings. The molecular weight excluding hydrogens is 252 g/mol. The second-order valence-electron chi connectivity index (χ2n) is 6.72. The minimum absolute atomic E-state index is 0.00509. The molecule has 1 spiro atoms. The first-order valence-corrected chi connectivity index (χ1v) is 8.60. The number of ether oxygens (including phenoxy) is 2. The summed E-state index contributed by atoms with van der Waals surface area (Å²) < 4.78 is 11.6. The fourth-order valence-electron chi connectivity index (χ4n) is 4.06. The summed E-state index contributed by atoms with van der Waals surface area (Å²) in [6.07, 6.45) is 8.57. The summed E-state index contributed by atoms with van der Waals surface area (Å²) in [6.45, 7) is 6.89. The Balaban J connectivity index is 1.95. The number of rotatable bonds is 6. The van der Waals surface area contributed by atoms with Gasteiger partial charge in [0.15, 0.2) is 0 Å². The molecule has 1 N–H and O–H groups in total. The lowest BCUT2D eigenvalue weighted by Crippen LogP contribution is -2.47. The molecule has 0 saturated carbocycles. The summed E-state index contributed by atoms with van der Waals surface area (Å²) >= 11 is 0. The zero-order valence-electron chi connectivity index (χ0n) is 13.3. The van der Waals surface area contributed by atoms with Gasteiger partial charge in [0.05, 0.1) is 11.7 Å². The van der Waals surface area contributed by atoms with Crippen molar-refractivity contribution in [3.8, 4) is 0 Å². The Kier molecular flexibility index (Phi) is 6.31. The highest BCUT2D eigenvalue weighted by Crippen LogP contribution is 2.40. The van der Waals surface area contributed by atoms with Crippen LogP contribution in [0.4, 0.5) is 0 Å². The molecule has 2 aliphatic heterocycles. The molecule has 0 aliphatic carbocycles. The number of hydrogen-bond donors (Lipinski definition) is 1. The molecule has 2 aliphatic rings. The van der Waals surface area contributed by atoms with Crippen LogP contribution in [0.3, 0.4) is 0 Å². The van der Waals surface area contributed by atoms with Crippen molar-refractivity contribution >= 4 is 0 Å². The van der Waals surface area contributed by atoms with Gasteiger partial charge in [-0.05, 0) is 50.4 Å². The van der Waals surface area contributed by atoms with Gasteiger partial charge in [-0.1, -0.05) is 26.7 Å². The molecule has 2 saturated heterocycles. The quantitative estimate of drug-likeness (QED) is 0.811. The van der Waals surface area contributed by atoms with Gasteiger partial charge in [0.1, 0.15) is 0 Å². The smallest absolute Gasteiger partial charge is 0.0730 e. The van der Waals surface area contributed by atoms with Gasteiger partial charge in [0, 0.05) is 19.8 Å². The Morgan fingerprint density at radius 1 is 1.10 bits per heavy atom. The van der Waals surface area contributed by atoms with Crippen molar-refractivity contribution in [2.24, 2.45) is 11.8 Å². The van der Waals surface area contributed by atoms with Crippen molar-refractivity contribution in [2.45, 2.75) is 76.9 Å². The third kappa shape index (κ3) is 3.96. The zero-order chi connectivity index (χ0) is 14.4. The minimum Gasteiger partial charge on any atom is -0.393 e. The maximum absolute atomic E-state index is 10.8. The second kappa shape index (κ2) is 7.77. The van der Waals surface area contributed by atoms with E-state index in [4.69, 9.17) is 9.47 Å². The van der Waals surface area contributed by atoms with E-state index in [1.165, 1.54) is 12.8 Å². The van der Waals surface area contributed by atoms with Gasteiger partial charge in [-0.25, -0.2) is 0 Å². The third-order valence-electron chi connectivity index (χ3n) is 5.22. The van der Waals surface area contributed by atoms with E-state index < -0.39 is 0 Å². The topological polar surface area (TPSA) is 38.7 Å². The maximum Gasteiger partial charge on any atom is 0.0730 e. The lowest BCUT2D eigenvalue weighted by atomic mass is 9.74. The summed E-state index contributed by atoms with van der Waals surface area (Å²) in [7, 11) is 0. The average Bonchev–Trinajstić information content (AvgIpc) is 2.47. The summed E-state index contributed by atoms with van der Waals surface area (Å²) in [6, 6.07) is 0. The van der Waals surface area contributed by atoms with Crippen molar-refractivity contribution in [1.29, 1.82) is 0 Å². The van der Waals surface area contributed by atoms with E-state index >= 15 is 0 Å². The molecule has 118 valence electrons. The first kappa shape index (κ1) is 16.3.